The van der Waals surface area contributed by atoms with E-state index in [2.05, 4.69) is 15.5 Å². The van der Waals surface area contributed by atoms with Crippen molar-refractivity contribution in [3.8, 4) is 5.75 Å². The number of halogens is 2. The molecule has 0 aromatic heterocycles. The van der Waals surface area contributed by atoms with Crippen LogP contribution in [0.15, 0.2) is 52.7 Å². The van der Waals surface area contributed by atoms with Crippen molar-refractivity contribution in [3.63, 3.8) is 0 Å². The molecule has 2 aromatic rings. The minimum Gasteiger partial charge on any atom is -0.486 e. The van der Waals surface area contributed by atoms with Crippen molar-refractivity contribution in [2.75, 3.05) is 0 Å². The fourth-order valence-corrected chi connectivity index (χ4v) is 3.39. The molecule has 2 N–H and O–H groups in total. The molecule has 1 amide bonds. The summed E-state index contributed by atoms with van der Waals surface area (Å²) >= 11 is 6.81. The number of carboxylic acids is 1. The first-order valence-electron chi connectivity index (χ1n) is 8.38. The Balaban J connectivity index is 1.58. The largest absolute Gasteiger partial charge is 0.486 e. The number of carbonyl (C=O) groups is 2. The number of hydrogen-bond donors (Lipinski definition) is 2. The number of amidine groups is 1. The fraction of sp³-hybridized carbons (Fsp3) is 0.158. The average Bonchev–Trinajstić information content (AvgIpc) is 3.01. The Morgan fingerprint density at radius 2 is 2.07 bits per heavy atom. The summed E-state index contributed by atoms with van der Waals surface area (Å²) in [4.78, 5) is 22.3. The SMILES string of the molecule is O=C(O)CC1SC(=NN=Cc2ccc(OCc3ccc(Cl)cc3)c(F)c2)NC1=O. The molecule has 150 valence electrons. The van der Waals surface area contributed by atoms with Gasteiger partial charge in [0.15, 0.2) is 16.7 Å². The summed E-state index contributed by atoms with van der Waals surface area (Å²) in [6.45, 7) is 0.198. The topological polar surface area (TPSA) is 100 Å². The molecule has 0 bridgehead atoms. The Hall–Kier alpha value is -2.91. The highest BCUT2D eigenvalue weighted by Crippen LogP contribution is 2.23. The Morgan fingerprint density at radius 1 is 1.31 bits per heavy atom. The van der Waals surface area contributed by atoms with E-state index in [1.807, 2.05) is 0 Å². The molecule has 0 spiro atoms. The maximum Gasteiger partial charge on any atom is 0.305 e. The van der Waals surface area contributed by atoms with Crippen LogP contribution in [0.3, 0.4) is 0 Å². The van der Waals surface area contributed by atoms with Crippen molar-refractivity contribution in [2.45, 2.75) is 18.3 Å². The third-order valence-corrected chi connectivity index (χ3v) is 5.08. The molecule has 1 heterocycles. The van der Waals surface area contributed by atoms with Crippen molar-refractivity contribution >= 4 is 46.6 Å². The monoisotopic (exact) mass is 435 g/mol. The molecule has 10 heteroatoms. The summed E-state index contributed by atoms with van der Waals surface area (Å²) in [6, 6.07) is 11.4. The molecular formula is C19H15ClFN3O4S. The number of hydrogen-bond acceptors (Lipinski definition) is 6. The van der Waals surface area contributed by atoms with E-state index in [4.69, 9.17) is 21.4 Å². The van der Waals surface area contributed by atoms with Crippen molar-refractivity contribution in [1.82, 2.24) is 5.32 Å². The van der Waals surface area contributed by atoms with Crippen LogP contribution in [0.1, 0.15) is 17.5 Å². The van der Waals surface area contributed by atoms with Gasteiger partial charge in [0.1, 0.15) is 11.9 Å². The van der Waals surface area contributed by atoms with E-state index in [9.17, 15) is 14.0 Å². The van der Waals surface area contributed by atoms with Gasteiger partial charge in [0.25, 0.3) is 0 Å². The first-order valence-corrected chi connectivity index (χ1v) is 9.63. The van der Waals surface area contributed by atoms with Crippen LogP contribution < -0.4 is 10.1 Å². The molecule has 1 unspecified atom stereocenters. The van der Waals surface area contributed by atoms with Crippen molar-refractivity contribution in [3.05, 3.63) is 64.4 Å². The van der Waals surface area contributed by atoms with E-state index in [0.717, 1.165) is 17.3 Å². The number of nitrogens with zero attached hydrogens (tertiary/aromatic N) is 2. The van der Waals surface area contributed by atoms with Gasteiger partial charge in [-0.05, 0) is 41.5 Å². The van der Waals surface area contributed by atoms with Gasteiger partial charge < -0.3 is 15.2 Å². The summed E-state index contributed by atoms with van der Waals surface area (Å²) in [5.74, 6) is -1.96. The number of nitrogens with one attached hydrogen (secondary N) is 1. The van der Waals surface area contributed by atoms with Crippen LogP contribution in [-0.4, -0.2) is 33.6 Å². The van der Waals surface area contributed by atoms with E-state index in [-0.39, 0.29) is 23.9 Å². The molecule has 0 radical (unpaired) electrons. The van der Waals surface area contributed by atoms with E-state index >= 15 is 0 Å². The van der Waals surface area contributed by atoms with Gasteiger partial charge in [0, 0.05) is 5.02 Å². The minimum atomic E-state index is -1.07. The Labute approximate surface area is 174 Å². The molecular weight excluding hydrogens is 421 g/mol. The molecule has 0 saturated carbocycles. The van der Waals surface area contributed by atoms with Crippen LogP contribution >= 0.6 is 23.4 Å². The van der Waals surface area contributed by atoms with Crippen LogP contribution in [0.5, 0.6) is 5.75 Å². The smallest absolute Gasteiger partial charge is 0.305 e. The number of carboxylic acid groups (broad SMARTS) is 1. The molecule has 1 aliphatic heterocycles. The molecule has 1 fully saturated rings. The Kier molecular flexibility index (Phi) is 6.84. The first-order chi connectivity index (χ1) is 13.9. The second kappa shape index (κ2) is 9.53. The van der Waals surface area contributed by atoms with E-state index in [0.29, 0.717) is 10.6 Å². The molecule has 7 nitrogen and oxygen atoms in total. The maximum atomic E-state index is 14.2. The molecule has 1 aliphatic rings. The zero-order valence-corrected chi connectivity index (χ0v) is 16.4. The summed E-state index contributed by atoms with van der Waals surface area (Å²) in [5, 5.41) is 18.9. The maximum absolute atomic E-state index is 14.2. The second-order valence-electron chi connectivity index (χ2n) is 5.95. The van der Waals surface area contributed by atoms with E-state index < -0.39 is 22.9 Å². The normalized spacial score (nSPS) is 17.7. The lowest BCUT2D eigenvalue weighted by Crippen LogP contribution is -2.26. The van der Waals surface area contributed by atoms with Crippen LogP contribution in [0.25, 0.3) is 0 Å². The van der Waals surface area contributed by atoms with Crippen LogP contribution in [0.4, 0.5) is 4.39 Å². The van der Waals surface area contributed by atoms with Gasteiger partial charge >= 0.3 is 5.97 Å². The Morgan fingerprint density at radius 3 is 2.76 bits per heavy atom. The number of thioether (sulfide) groups is 1. The van der Waals surface area contributed by atoms with Gasteiger partial charge in [-0.25, -0.2) is 4.39 Å². The number of amides is 1. The lowest BCUT2D eigenvalue weighted by atomic mass is 10.2. The molecule has 1 saturated heterocycles. The highest BCUT2D eigenvalue weighted by molar-refractivity contribution is 8.15. The van der Waals surface area contributed by atoms with E-state index in [1.54, 1.807) is 30.3 Å². The minimum absolute atomic E-state index is 0.0959. The number of benzene rings is 2. The van der Waals surface area contributed by atoms with Crippen molar-refractivity contribution in [2.24, 2.45) is 10.2 Å². The van der Waals surface area contributed by atoms with Gasteiger partial charge in [0.05, 0.1) is 12.6 Å². The third kappa shape index (κ3) is 6.03. The zero-order valence-electron chi connectivity index (χ0n) is 14.8. The van der Waals surface area contributed by atoms with Crippen LogP contribution in [0, 0.1) is 5.82 Å². The highest BCUT2D eigenvalue weighted by atomic mass is 35.5. The molecule has 1 atom stereocenters. The lowest BCUT2D eigenvalue weighted by molar-refractivity contribution is -0.138. The van der Waals surface area contributed by atoms with Gasteiger partial charge in [-0.15, -0.1) is 5.10 Å². The number of aliphatic carboxylic acids is 1. The summed E-state index contributed by atoms with van der Waals surface area (Å²) < 4.78 is 19.7. The number of ether oxygens (including phenoxy) is 1. The molecule has 29 heavy (non-hydrogen) atoms. The Bertz CT molecular complexity index is 982. The average molecular weight is 436 g/mol. The van der Waals surface area contributed by atoms with Gasteiger partial charge in [-0.3, -0.25) is 9.59 Å². The van der Waals surface area contributed by atoms with Crippen molar-refractivity contribution < 1.29 is 23.8 Å². The standard InChI is InChI=1S/C19H15ClFN3O4S/c20-13-4-1-11(2-5-13)10-28-15-6-3-12(7-14(15)21)9-22-24-19-23-18(27)16(29-19)8-17(25)26/h1-7,9,16H,8,10H2,(H,25,26)(H,23,24,27). The predicted molar refractivity (Wildman–Crippen MR) is 109 cm³/mol. The summed E-state index contributed by atoms with van der Waals surface area (Å²) in [7, 11) is 0. The molecule has 3 rings (SSSR count). The van der Waals surface area contributed by atoms with Gasteiger partial charge in [0.2, 0.25) is 5.91 Å². The lowest BCUT2D eigenvalue weighted by Gasteiger charge is -2.08. The number of rotatable bonds is 7. The third-order valence-electron chi connectivity index (χ3n) is 3.76. The van der Waals surface area contributed by atoms with Gasteiger partial charge in [-0.2, -0.15) is 5.10 Å². The summed E-state index contributed by atoms with van der Waals surface area (Å²) in [5.41, 5.74) is 1.30. The highest BCUT2D eigenvalue weighted by Gasteiger charge is 2.32. The second-order valence-corrected chi connectivity index (χ2v) is 7.58. The van der Waals surface area contributed by atoms with Gasteiger partial charge in [-0.1, -0.05) is 35.5 Å². The van der Waals surface area contributed by atoms with Crippen molar-refractivity contribution in [1.29, 1.82) is 0 Å². The fourth-order valence-electron chi connectivity index (χ4n) is 2.35. The zero-order chi connectivity index (χ0) is 20.8. The quantitative estimate of drug-likeness (QED) is 0.512. The predicted octanol–water partition coefficient (Wildman–Crippen LogP) is 3.45. The first kappa shape index (κ1) is 20.8. The molecule has 0 aliphatic carbocycles. The van der Waals surface area contributed by atoms with E-state index in [1.165, 1.54) is 18.3 Å². The van der Waals surface area contributed by atoms with Crippen LogP contribution in [-0.2, 0) is 16.2 Å². The van der Waals surface area contributed by atoms with Crippen LogP contribution in [0.2, 0.25) is 5.02 Å². The number of carbonyl (C=O) groups excluding carboxylic acids is 1. The molecule has 2 aromatic carbocycles. The summed E-state index contributed by atoms with van der Waals surface area (Å²) in [6.07, 6.45) is 1.01.